The lowest BCUT2D eigenvalue weighted by Crippen LogP contribution is -2.19. The zero-order chi connectivity index (χ0) is 22.5. The van der Waals surface area contributed by atoms with E-state index >= 15 is 0 Å². The van der Waals surface area contributed by atoms with Gasteiger partial charge in [-0.1, -0.05) is 6.07 Å². The highest BCUT2D eigenvalue weighted by Gasteiger charge is 2.07. The van der Waals surface area contributed by atoms with Gasteiger partial charge in [-0.3, -0.25) is 0 Å². The molecule has 3 N–H and O–H groups in total. The first-order valence-electron chi connectivity index (χ1n) is 9.97. The number of carbonyl (C=O) groups is 1. The van der Waals surface area contributed by atoms with Crippen LogP contribution in [0.1, 0.15) is 11.4 Å². The zero-order valence-electron chi connectivity index (χ0n) is 18.0. The topological polar surface area (TPSA) is 106 Å². The van der Waals surface area contributed by atoms with E-state index in [9.17, 15) is 4.79 Å². The lowest BCUT2D eigenvalue weighted by Gasteiger charge is -2.10. The molecule has 0 atom stereocenters. The SMILES string of the molecule is COc1cccc(NC(=O)Nc2ccc(Nc3ccc(-n4nc(C)cc4C)nn3)cc2)c1. The number of urea groups is 1. The Labute approximate surface area is 185 Å². The maximum atomic E-state index is 12.2. The summed E-state index contributed by atoms with van der Waals surface area (Å²) in [4.78, 5) is 12.2. The standard InChI is InChI=1S/C23H23N7O2/c1-15-13-16(2)30(29-15)22-12-11-21(27-28-22)24-17-7-9-18(10-8-17)25-23(31)26-19-5-4-6-20(14-19)32-3/h4-14H,1-3H3,(H,24,27)(H2,25,26,31). The Bertz CT molecular complexity index is 1220. The van der Waals surface area contributed by atoms with Gasteiger partial charge in [0.1, 0.15) is 5.75 Å². The van der Waals surface area contributed by atoms with Crippen LogP contribution < -0.4 is 20.7 Å². The highest BCUT2D eigenvalue weighted by atomic mass is 16.5. The van der Waals surface area contributed by atoms with E-state index in [0.717, 1.165) is 17.1 Å². The van der Waals surface area contributed by atoms with E-state index in [1.54, 1.807) is 36.1 Å². The Morgan fingerprint density at radius 3 is 2.28 bits per heavy atom. The molecule has 9 nitrogen and oxygen atoms in total. The predicted molar refractivity (Wildman–Crippen MR) is 124 cm³/mol. The maximum absolute atomic E-state index is 12.2. The summed E-state index contributed by atoms with van der Waals surface area (Å²) in [6.45, 7) is 3.91. The van der Waals surface area contributed by atoms with Crippen LogP contribution in [-0.2, 0) is 0 Å². The molecule has 0 aliphatic rings. The van der Waals surface area contributed by atoms with Crippen LogP contribution in [-0.4, -0.2) is 33.1 Å². The second-order valence-electron chi connectivity index (χ2n) is 7.13. The van der Waals surface area contributed by atoms with E-state index in [0.29, 0.717) is 28.8 Å². The number of ether oxygens (including phenoxy) is 1. The van der Waals surface area contributed by atoms with Crippen LogP contribution in [0.3, 0.4) is 0 Å². The van der Waals surface area contributed by atoms with Gasteiger partial charge >= 0.3 is 6.03 Å². The highest BCUT2D eigenvalue weighted by Crippen LogP contribution is 2.20. The molecule has 0 unspecified atom stereocenters. The Morgan fingerprint density at radius 2 is 1.62 bits per heavy atom. The average molecular weight is 429 g/mol. The molecule has 9 heteroatoms. The van der Waals surface area contributed by atoms with Crippen molar-refractivity contribution >= 4 is 28.9 Å². The molecule has 0 aliphatic carbocycles. The van der Waals surface area contributed by atoms with Gasteiger partial charge in [-0.25, -0.2) is 9.48 Å². The number of aryl methyl sites for hydroxylation is 2. The van der Waals surface area contributed by atoms with Crippen molar-refractivity contribution in [1.82, 2.24) is 20.0 Å². The first kappa shape index (κ1) is 20.9. The number of anilines is 4. The molecular weight excluding hydrogens is 406 g/mol. The van der Waals surface area contributed by atoms with Gasteiger partial charge in [0.05, 0.1) is 12.8 Å². The zero-order valence-corrected chi connectivity index (χ0v) is 18.0. The molecule has 0 bridgehead atoms. The van der Waals surface area contributed by atoms with E-state index in [4.69, 9.17) is 4.74 Å². The molecule has 32 heavy (non-hydrogen) atoms. The van der Waals surface area contributed by atoms with Crippen molar-refractivity contribution in [2.24, 2.45) is 0 Å². The van der Waals surface area contributed by atoms with Gasteiger partial charge in [-0.05, 0) is 68.4 Å². The third-order valence-electron chi connectivity index (χ3n) is 4.62. The van der Waals surface area contributed by atoms with E-state index in [-0.39, 0.29) is 6.03 Å². The van der Waals surface area contributed by atoms with E-state index in [2.05, 4.69) is 31.2 Å². The summed E-state index contributed by atoms with van der Waals surface area (Å²) in [6, 6.07) is 19.8. The lowest BCUT2D eigenvalue weighted by molar-refractivity contribution is 0.262. The number of benzene rings is 2. The molecule has 0 saturated carbocycles. The molecule has 4 aromatic rings. The Morgan fingerprint density at radius 1 is 0.875 bits per heavy atom. The normalized spacial score (nSPS) is 10.5. The number of aromatic nitrogens is 4. The maximum Gasteiger partial charge on any atom is 0.323 e. The van der Waals surface area contributed by atoms with Crippen molar-refractivity contribution in [2.75, 3.05) is 23.1 Å². The number of hydrogen-bond donors (Lipinski definition) is 3. The number of carbonyl (C=O) groups excluding carboxylic acids is 1. The van der Waals surface area contributed by atoms with E-state index in [1.165, 1.54) is 0 Å². The van der Waals surface area contributed by atoms with Gasteiger partial charge in [0.25, 0.3) is 0 Å². The summed E-state index contributed by atoms with van der Waals surface area (Å²) in [5.74, 6) is 1.93. The van der Waals surface area contributed by atoms with Crippen LogP contribution in [0.5, 0.6) is 5.75 Å². The predicted octanol–water partition coefficient (Wildman–Crippen LogP) is 4.68. The third kappa shape index (κ3) is 5.01. The number of amides is 2. The number of nitrogens with one attached hydrogen (secondary N) is 3. The molecule has 0 radical (unpaired) electrons. The van der Waals surface area contributed by atoms with Crippen LogP contribution in [0.25, 0.3) is 5.82 Å². The fourth-order valence-corrected chi connectivity index (χ4v) is 3.14. The first-order chi connectivity index (χ1) is 15.5. The Hall–Kier alpha value is -4.40. The van der Waals surface area contributed by atoms with Crippen LogP contribution in [0.2, 0.25) is 0 Å². The molecule has 0 spiro atoms. The second kappa shape index (κ2) is 9.17. The van der Waals surface area contributed by atoms with Crippen LogP contribution in [0, 0.1) is 13.8 Å². The summed E-state index contributed by atoms with van der Waals surface area (Å²) >= 11 is 0. The summed E-state index contributed by atoms with van der Waals surface area (Å²) < 4.78 is 6.91. The van der Waals surface area contributed by atoms with E-state index in [1.807, 2.05) is 56.3 Å². The van der Waals surface area contributed by atoms with Crippen molar-refractivity contribution in [1.29, 1.82) is 0 Å². The van der Waals surface area contributed by atoms with E-state index < -0.39 is 0 Å². The molecule has 4 rings (SSSR count). The Balaban J connectivity index is 1.35. The minimum absolute atomic E-state index is 0.343. The van der Waals surface area contributed by atoms with Gasteiger partial charge < -0.3 is 20.7 Å². The quantitative estimate of drug-likeness (QED) is 0.411. The fraction of sp³-hybridized carbons (Fsp3) is 0.130. The minimum atomic E-state index is -0.343. The van der Waals surface area contributed by atoms with Gasteiger partial charge in [-0.15, -0.1) is 10.2 Å². The second-order valence-corrected chi connectivity index (χ2v) is 7.13. The molecule has 2 aromatic heterocycles. The van der Waals surface area contributed by atoms with Crippen molar-refractivity contribution in [2.45, 2.75) is 13.8 Å². The molecule has 2 amide bonds. The molecule has 162 valence electrons. The summed E-state index contributed by atoms with van der Waals surface area (Å²) in [6.07, 6.45) is 0. The minimum Gasteiger partial charge on any atom is -0.497 e. The average Bonchev–Trinajstić information content (AvgIpc) is 3.13. The van der Waals surface area contributed by atoms with Gasteiger partial charge in [0, 0.05) is 28.8 Å². The monoisotopic (exact) mass is 429 g/mol. The summed E-state index contributed by atoms with van der Waals surface area (Å²) in [7, 11) is 1.58. The van der Waals surface area contributed by atoms with Crippen LogP contribution >= 0.6 is 0 Å². The highest BCUT2D eigenvalue weighted by molar-refractivity contribution is 5.99. The molecule has 0 aliphatic heterocycles. The van der Waals surface area contributed by atoms with Gasteiger partial charge in [0.15, 0.2) is 11.6 Å². The molecule has 2 aromatic carbocycles. The van der Waals surface area contributed by atoms with Gasteiger partial charge in [-0.2, -0.15) is 5.10 Å². The third-order valence-corrected chi connectivity index (χ3v) is 4.62. The number of methoxy groups -OCH3 is 1. The van der Waals surface area contributed by atoms with Crippen LogP contribution in [0.4, 0.5) is 27.7 Å². The summed E-state index contributed by atoms with van der Waals surface area (Å²) in [5.41, 5.74) is 4.04. The smallest absolute Gasteiger partial charge is 0.323 e. The van der Waals surface area contributed by atoms with Crippen molar-refractivity contribution in [3.63, 3.8) is 0 Å². The van der Waals surface area contributed by atoms with Crippen molar-refractivity contribution in [3.05, 3.63) is 78.1 Å². The van der Waals surface area contributed by atoms with Crippen molar-refractivity contribution in [3.8, 4) is 11.6 Å². The van der Waals surface area contributed by atoms with Crippen molar-refractivity contribution < 1.29 is 9.53 Å². The van der Waals surface area contributed by atoms with Gasteiger partial charge in [0.2, 0.25) is 0 Å². The van der Waals surface area contributed by atoms with Crippen LogP contribution in [0.15, 0.2) is 66.7 Å². The molecule has 2 heterocycles. The largest absolute Gasteiger partial charge is 0.497 e. The summed E-state index contributed by atoms with van der Waals surface area (Å²) in [5, 5.41) is 21.6. The molecular formula is C23H23N7O2. The molecule has 0 fully saturated rings. The first-order valence-corrected chi connectivity index (χ1v) is 9.97. The number of hydrogen-bond acceptors (Lipinski definition) is 6. The Kier molecular flexibility index (Phi) is 5.98. The number of nitrogens with zero attached hydrogens (tertiary/aromatic N) is 4. The lowest BCUT2D eigenvalue weighted by atomic mass is 10.2. The number of rotatable bonds is 6. The molecule has 0 saturated heterocycles. The fourth-order valence-electron chi connectivity index (χ4n) is 3.14.